The van der Waals surface area contributed by atoms with Gasteiger partial charge >= 0.3 is 0 Å². The van der Waals surface area contributed by atoms with E-state index < -0.39 is 4.92 Å². The minimum Gasteiger partial charge on any atom is -0.350 e. The van der Waals surface area contributed by atoms with Gasteiger partial charge in [0.2, 0.25) is 0 Å². The van der Waals surface area contributed by atoms with Crippen LogP contribution in [0.15, 0.2) is 42.5 Å². The molecule has 5 nitrogen and oxygen atoms in total. The molecule has 0 radical (unpaired) electrons. The van der Waals surface area contributed by atoms with Crippen LogP contribution in [-0.2, 0) is 0 Å². The molecule has 0 atom stereocenters. The van der Waals surface area contributed by atoms with Crippen LogP contribution >= 0.6 is 0 Å². The molecule has 20 heavy (non-hydrogen) atoms. The first-order chi connectivity index (χ1) is 9.49. The van der Waals surface area contributed by atoms with Crippen LogP contribution in [0.25, 0.3) is 0 Å². The van der Waals surface area contributed by atoms with Crippen molar-refractivity contribution in [1.29, 1.82) is 0 Å². The maximum atomic E-state index is 11.3. The number of benzene rings is 2. The van der Waals surface area contributed by atoms with E-state index in [1.807, 2.05) is 31.2 Å². The summed E-state index contributed by atoms with van der Waals surface area (Å²) in [6.07, 6.45) is 0. The van der Waals surface area contributed by atoms with Crippen LogP contribution in [0.5, 0.6) is 0 Å². The number of ketones is 1. The maximum absolute atomic E-state index is 11.3. The summed E-state index contributed by atoms with van der Waals surface area (Å²) >= 11 is 0. The molecule has 0 aliphatic rings. The number of rotatable bonds is 4. The zero-order valence-corrected chi connectivity index (χ0v) is 11.2. The van der Waals surface area contributed by atoms with E-state index in [1.54, 1.807) is 12.1 Å². The van der Waals surface area contributed by atoms with Crippen molar-refractivity contribution in [1.82, 2.24) is 0 Å². The van der Waals surface area contributed by atoms with Crippen molar-refractivity contribution in [2.45, 2.75) is 13.8 Å². The number of nitrogens with zero attached hydrogens (tertiary/aromatic N) is 1. The monoisotopic (exact) mass is 270 g/mol. The second-order valence-electron chi connectivity index (χ2n) is 4.49. The first-order valence-electron chi connectivity index (χ1n) is 6.11. The van der Waals surface area contributed by atoms with Gasteiger partial charge in [-0.2, -0.15) is 0 Å². The average Bonchev–Trinajstić information content (AvgIpc) is 2.41. The Morgan fingerprint density at radius 2 is 1.85 bits per heavy atom. The molecule has 0 unspecified atom stereocenters. The third-order valence-corrected chi connectivity index (χ3v) is 3.02. The van der Waals surface area contributed by atoms with Crippen LogP contribution in [0.4, 0.5) is 17.1 Å². The van der Waals surface area contributed by atoms with Crippen LogP contribution in [0.1, 0.15) is 22.8 Å². The molecule has 102 valence electrons. The van der Waals surface area contributed by atoms with Crippen molar-refractivity contribution >= 4 is 22.8 Å². The molecule has 0 fully saturated rings. The fourth-order valence-corrected chi connectivity index (χ4v) is 1.87. The lowest BCUT2D eigenvalue weighted by Crippen LogP contribution is -2.01. The Morgan fingerprint density at radius 3 is 2.45 bits per heavy atom. The van der Waals surface area contributed by atoms with Gasteiger partial charge < -0.3 is 5.32 Å². The highest BCUT2D eigenvalue weighted by molar-refractivity contribution is 5.95. The van der Waals surface area contributed by atoms with E-state index in [0.717, 1.165) is 11.3 Å². The van der Waals surface area contributed by atoms with Crippen molar-refractivity contribution < 1.29 is 9.72 Å². The van der Waals surface area contributed by atoms with Gasteiger partial charge in [0.15, 0.2) is 5.78 Å². The van der Waals surface area contributed by atoms with Crippen LogP contribution in [0, 0.1) is 17.0 Å². The van der Waals surface area contributed by atoms with Crippen molar-refractivity contribution in [2.24, 2.45) is 0 Å². The molecule has 0 amide bonds. The van der Waals surface area contributed by atoms with E-state index in [0.29, 0.717) is 11.3 Å². The lowest BCUT2D eigenvalue weighted by atomic mass is 10.1. The summed E-state index contributed by atoms with van der Waals surface area (Å²) in [5.74, 6) is -0.199. The normalized spacial score (nSPS) is 10.1. The van der Waals surface area contributed by atoms with Crippen LogP contribution < -0.4 is 5.32 Å². The fourth-order valence-electron chi connectivity index (χ4n) is 1.87. The van der Waals surface area contributed by atoms with Crippen LogP contribution in [-0.4, -0.2) is 10.7 Å². The lowest BCUT2D eigenvalue weighted by Gasteiger charge is -2.10. The minimum atomic E-state index is -0.493. The Balaban J connectivity index is 2.44. The molecule has 0 spiro atoms. The van der Waals surface area contributed by atoms with Crippen LogP contribution in [0.2, 0.25) is 0 Å². The molecule has 0 aliphatic carbocycles. The highest BCUT2D eigenvalue weighted by Gasteiger charge is 2.16. The molecule has 0 saturated carbocycles. The summed E-state index contributed by atoms with van der Waals surface area (Å²) in [6.45, 7) is 3.30. The third-order valence-electron chi connectivity index (χ3n) is 3.02. The first-order valence-corrected chi connectivity index (χ1v) is 6.11. The SMILES string of the molecule is CC(=O)c1ccc(Nc2ccccc2C)c([N+](=O)[O-])c1. The quantitative estimate of drug-likeness (QED) is 0.520. The van der Waals surface area contributed by atoms with Gasteiger partial charge in [-0.05, 0) is 37.6 Å². The standard InChI is InChI=1S/C15H14N2O3/c1-10-5-3-4-6-13(10)16-14-8-7-12(11(2)18)9-15(14)17(19)20/h3-9,16H,1-2H3. The number of nitrogens with one attached hydrogen (secondary N) is 1. The molecule has 5 heteroatoms. The van der Waals surface area contributed by atoms with Gasteiger partial charge in [0, 0.05) is 17.3 Å². The number of carbonyl (C=O) groups is 1. The van der Waals surface area contributed by atoms with Gasteiger partial charge in [0.1, 0.15) is 5.69 Å². The predicted octanol–water partition coefficient (Wildman–Crippen LogP) is 3.85. The summed E-state index contributed by atoms with van der Waals surface area (Å²) in [4.78, 5) is 21.9. The summed E-state index contributed by atoms with van der Waals surface area (Å²) in [7, 11) is 0. The average molecular weight is 270 g/mol. The van der Waals surface area contributed by atoms with Gasteiger partial charge in [-0.15, -0.1) is 0 Å². The van der Waals surface area contributed by atoms with E-state index in [2.05, 4.69) is 5.32 Å². The highest BCUT2D eigenvalue weighted by atomic mass is 16.6. The molecule has 2 rings (SSSR count). The van der Waals surface area contributed by atoms with E-state index in [-0.39, 0.29) is 11.5 Å². The first kappa shape index (κ1) is 13.7. The zero-order chi connectivity index (χ0) is 14.7. The fraction of sp³-hybridized carbons (Fsp3) is 0.133. The van der Waals surface area contributed by atoms with Gasteiger partial charge in [-0.3, -0.25) is 14.9 Å². The summed E-state index contributed by atoms with van der Waals surface area (Å²) in [5, 5.41) is 14.2. The number of hydrogen-bond donors (Lipinski definition) is 1. The number of nitro benzene ring substituents is 1. The van der Waals surface area contributed by atoms with Crippen molar-refractivity contribution in [3.05, 3.63) is 63.7 Å². The highest BCUT2D eigenvalue weighted by Crippen LogP contribution is 2.29. The van der Waals surface area contributed by atoms with Crippen molar-refractivity contribution in [3.8, 4) is 0 Å². The molecule has 1 N–H and O–H groups in total. The maximum Gasteiger partial charge on any atom is 0.293 e. The van der Waals surface area contributed by atoms with E-state index in [1.165, 1.54) is 13.0 Å². The lowest BCUT2D eigenvalue weighted by molar-refractivity contribution is -0.383. The Labute approximate surface area is 116 Å². The Hall–Kier alpha value is -2.69. The summed E-state index contributed by atoms with van der Waals surface area (Å²) < 4.78 is 0. The number of hydrogen-bond acceptors (Lipinski definition) is 4. The summed E-state index contributed by atoms with van der Waals surface area (Å²) in [6, 6.07) is 11.9. The smallest absolute Gasteiger partial charge is 0.293 e. The van der Waals surface area contributed by atoms with E-state index in [4.69, 9.17) is 0 Å². The minimum absolute atomic E-state index is 0.110. The molecular formula is C15H14N2O3. The largest absolute Gasteiger partial charge is 0.350 e. The van der Waals surface area contributed by atoms with Gasteiger partial charge in [-0.1, -0.05) is 18.2 Å². The predicted molar refractivity (Wildman–Crippen MR) is 77.6 cm³/mol. The van der Waals surface area contributed by atoms with E-state index in [9.17, 15) is 14.9 Å². The Kier molecular flexibility index (Phi) is 3.79. The van der Waals surface area contributed by atoms with Gasteiger partial charge in [0.05, 0.1) is 4.92 Å². The number of nitro groups is 1. The van der Waals surface area contributed by atoms with Gasteiger partial charge in [-0.25, -0.2) is 0 Å². The molecule has 2 aromatic carbocycles. The molecule has 0 aromatic heterocycles. The third kappa shape index (κ3) is 2.83. The van der Waals surface area contributed by atoms with Gasteiger partial charge in [0.25, 0.3) is 5.69 Å². The topological polar surface area (TPSA) is 72.2 Å². The second kappa shape index (κ2) is 5.52. The van der Waals surface area contributed by atoms with E-state index >= 15 is 0 Å². The molecule has 0 saturated heterocycles. The summed E-state index contributed by atoms with van der Waals surface area (Å²) in [5.41, 5.74) is 2.37. The van der Waals surface area contributed by atoms with Crippen molar-refractivity contribution in [3.63, 3.8) is 0 Å². The second-order valence-corrected chi connectivity index (χ2v) is 4.49. The zero-order valence-electron chi connectivity index (χ0n) is 11.2. The molecule has 0 aliphatic heterocycles. The Morgan fingerprint density at radius 1 is 1.15 bits per heavy atom. The molecular weight excluding hydrogens is 256 g/mol. The number of anilines is 2. The number of carbonyl (C=O) groups excluding carboxylic acids is 1. The number of Topliss-reactive ketones (excluding diaryl/α,β-unsaturated/α-hetero) is 1. The number of aryl methyl sites for hydroxylation is 1. The molecule has 0 bridgehead atoms. The molecule has 0 heterocycles. The van der Waals surface area contributed by atoms with Crippen molar-refractivity contribution in [2.75, 3.05) is 5.32 Å². The molecule has 2 aromatic rings. The van der Waals surface area contributed by atoms with Crippen LogP contribution in [0.3, 0.4) is 0 Å². The Bertz CT molecular complexity index is 681. The number of para-hydroxylation sites is 1.